The second-order valence-electron chi connectivity index (χ2n) is 1.85. The van der Waals surface area contributed by atoms with Crippen LogP contribution >= 0.6 is 0 Å². The lowest BCUT2D eigenvalue weighted by Crippen LogP contribution is -2.14. The average Bonchev–Trinajstić information content (AvgIpc) is 1.81. The van der Waals surface area contributed by atoms with E-state index in [0.717, 1.165) is 13.1 Å². The van der Waals surface area contributed by atoms with Gasteiger partial charge in [0.1, 0.15) is 0 Å². The second kappa shape index (κ2) is 6.92. The van der Waals surface area contributed by atoms with Crippen molar-refractivity contribution in [2.24, 2.45) is 0 Å². The van der Waals surface area contributed by atoms with Gasteiger partial charge < -0.3 is 5.32 Å². The SMILES string of the molecule is C=CCNCCC[SiH3]. The molecule has 0 atom stereocenters. The Bertz CT molecular complexity index is 54.5. The van der Waals surface area contributed by atoms with Crippen LogP contribution in [-0.2, 0) is 0 Å². The third-order valence-corrected chi connectivity index (χ3v) is 1.70. The van der Waals surface area contributed by atoms with E-state index in [-0.39, 0.29) is 0 Å². The van der Waals surface area contributed by atoms with E-state index in [1.807, 2.05) is 6.08 Å². The minimum atomic E-state index is 0.960. The van der Waals surface area contributed by atoms with E-state index in [9.17, 15) is 0 Å². The molecule has 0 saturated carbocycles. The van der Waals surface area contributed by atoms with Crippen LogP contribution in [0.15, 0.2) is 12.7 Å². The summed E-state index contributed by atoms with van der Waals surface area (Å²) < 4.78 is 0. The Morgan fingerprint density at radius 1 is 1.62 bits per heavy atom. The van der Waals surface area contributed by atoms with Crippen LogP contribution in [-0.4, -0.2) is 23.3 Å². The van der Waals surface area contributed by atoms with Gasteiger partial charge in [-0.1, -0.05) is 12.1 Å². The van der Waals surface area contributed by atoms with Gasteiger partial charge in [0, 0.05) is 16.8 Å². The third kappa shape index (κ3) is 5.92. The molecule has 1 N–H and O–H groups in total. The molecule has 1 nitrogen and oxygen atoms in total. The van der Waals surface area contributed by atoms with Crippen molar-refractivity contribution in [1.82, 2.24) is 5.32 Å². The molecule has 48 valence electrons. The van der Waals surface area contributed by atoms with Gasteiger partial charge in [0.05, 0.1) is 0 Å². The van der Waals surface area contributed by atoms with Crippen LogP contribution in [0.4, 0.5) is 0 Å². The summed E-state index contributed by atoms with van der Waals surface area (Å²) in [6.07, 6.45) is 3.23. The normalized spacial score (nSPS) is 9.50. The lowest BCUT2D eigenvalue weighted by atomic mass is 10.5. The topological polar surface area (TPSA) is 12.0 Å². The van der Waals surface area contributed by atoms with Crippen molar-refractivity contribution < 1.29 is 0 Å². The van der Waals surface area contributed by atoms with E-state index < -0.39 is 0 Å². The highest BCUT2D eigenvalue weighted by molar-refractivity contribution is 6.08. The molecule has 0 radical (unpaired) electrons. The molecule has 0 heterocycles. The van der Waals surface area contributed by atoms with E-state index >= 15 is 0 Å². The summed E-state index contributed by atoms with van der Waals surface area (Å²) in [6.45, 7) is 5.73. The third-order valence-electron chi connectivity index (χ3n) is 0.996. The van der Waals surface area contributed by atoms with E-state index in [4.69, 9.17) is 0 Å². The quantitative estimate of drug-likeness (QED) is 0.311. The summed E-state index contributed by atoms with van der Waals surface area (Å²) >= 11 is 0. The van der Waals surface area contributed by atoms with Crippen LogP contribution in [0.1, 0.15) is 6.42 Å². The molecule has 0 aromatic heterocycles. The molecule has 0 aliphatic carbocycles. The second-order valence-corrected chi connectivity index (χ2v) is 2.85. The zero-order valence-corrected chi connectivity index (χ0v) is 7.61. The van der Waals surface area contributed by atoms with Gasteiger partial charge in [0.25, 0.3) is 0 Å². The fourth-order valence-corrected chi connectivity index (χ4v) is 0.859. The first-order valence-electron chi connectivity index (χ1n) is 3.23. The summed E-state index contributed by atoms with van der Waals surface area (Å²) in [7, 11) is 1.34. The first-order chi connectivity index (χ1) is 3.91. The van der Waals surface area contributed by atoms with Gasteiger partial charge in [-0.3, -0.25) is 0 Å². The Kier molecular flexibility index (Phi) is 6.85. The van der Waals surface area contributed by atoms with Crippen molar-refractivity contribution in [1.29, 1.82) is 0 Å². The van der Waals surface area contributed by atoms with Gasteiger partial charge in [0.2, 0.25) is 0 Å². The number of hydrogen-bond donors (Lipinski definition) is 1. The molecule has 0 saturated heterocycles. The smallest absolute Gasteiger partial charge is 0.0132 e. The van der Waals surface area contributed by atoms with E-state index in [2.05, 4.69) is 11.9 Å². The molecule has 0 fully saturated rings. The molecule has 0 aromatic rings. The molecular weight excluding hydrogens is 114 g/mol. The Morgan fingerprint density at radius 3 is 2.88 bits per heavy atom. The minimum Gasteiger partial charge on any atom is -0.313 e. The predicted octanol–water partition coefficient (Wildman–Crippen LogP) is -0.0642. The van der Waals surface area contributed by atoms with Crippen molar-refractivity contribution in [2.45, 2.75) is 12.5 Å². The summed E-state index contributed by atoms with van der Waals surface area (Å²) in [5.41, 5.74) is 0. The Hall–Kier alpha value is -0.0831. The molecule has 0 aliphatic heterocycles. The van der Waals surface area contributed by atoms with Crippen LogP contribution in [0.5, 0.6) is 0 Å². The Balaban J connectivity index is 2.62. The monoisotopic (exact) mass is 129 g/mol. The highest BCUT2D eigenvalue weighted by Crippen LogP contribution is 1.78. The standard InChI is InChI=1S/C6H15NSi/c1-2-4-7-5-3-6-8/h2,7H,1,3-6H2,8H3. The molecule has 0 rings (SSSR count). The largest absolute Gasteiger partial charge is 0.313 e. The van der Waals surface area contributed by atoms with Crippen molar-refractivity contribution >= 4 is 10.2 Å². The highest BCUT2D eigenvalue weighted by atomic mass is 28.1. The first kappa shape index (κ1) is 7.92. The van der Waals surface area contributed by atoms with Crippen LogP contribution in [0, 0.1) is 0 Å². The van der Waals surface area contributed by atoms with E-state index in [1.54, 1.807) is 0 Å². The summed E-state index contributed by atoms with van der Waals surface area (Å²) in [5.74, 6) is 0. The molecule has 0 spiro atoms. The molecule has 8 heavy (non-hydrogen) atoms. The molecule has 0 unspecified atom stereocenters. The summed E-state index contributed by atoms with van der Waals surface area (Å²) in [5, 5.41) is 3.24. The van der Waals surface area contributed by atoms with Gasteiger partial charge >= 0.3 is 0 Å². The van der Waals surface area contributed by atoms with Crippen LogP contribution in [0.25, 0.3) is 0 Å². The van der Waals surface area contributed by atoms with Crippen LogP contribution < -0.4 is 5.32 Å². The number of hydrogen-bond acceptors (Lipinski definition) is 1. The molecule has 0 aliphatic rings. The van der Waals surface area contributed by atoms with Crippen molar-refractivity contribution in [3.05, 3.63) is 12.7 Å². The molecular formula is C6H15NSi. The maximum absolute atomic E-state index is 3.60. The average molecular weight is 129 g/mol. The summed E-state index contributed by atoms with van der Waals surface area (Å²) in [6, 6.07) is 1.41. The van der Waals surface area contributed by atoms with E-state index in [1.165, 1.54) is 22.7 Å². The predicted molar refractivity (Wildman–Crippen MR) is 42.4 cm³/mol. The maximum Gasteiger partial charge on any atom is 0.0132 e. The first-order valence-corrected chi connectivity index (χ1v) is 4.64. The maximum atomic E-state index is 3.60. The molecule has 0 bridgehead atoms. The number of rotatable bonds is 5. The molecule has 2 heteroatoms. The molecule has 0 amide bonds. The van der Waals surface area contributed by atoms with Gasteiger partial charge in [-0.05, 0) is 13.0 Å². The molecule has 0 aromatic carbocycles. The number of nitrogens with one attached hydrogen (secondary N) is 1. The van der Waals surface area contributed by atoms with Crippen molar-refractivity contribution in [3.63, 3.8) is 0 Å². The lowest BCUT2D eigenvalue weighted by Gasteiger charge is -1.96. The van der Waals surface area contributed by atoms with Crippen molar-refractivity contribution in [2.75, 3.05) is 13.1 Å². The van der Waals surface area contributed by atoms with Gasteiger partial charge in [-0.15, -0.1) is 6.58 Å². The zero-order valence-electron chi connectivity index (χ0n) is 5.61. The zero-order chi connectivity index (χ0) is 6.24. The van der Waals surface area contributed by atoms with Gasteiger partial charge in [-0.2, -0.15) is 0 Å². The fourth-order valence-electron chi connectivity index (χ4n) is 0.506. The lowest BCUT2D eigenvalue weighted by molar-refractivity contribution is 0.729. The van der Waals surface area contributed by atoms with Crippen LogP contribution in [0.3, 0.4) is 0 Å². The summed E-state index contributed by atoms with van der Waals surface area (Å²) in [4.78, 5) is 0. The van der Waals surface area contributed by atoms with Gasteiger partial charge in [0.15, 0.2) is 0 Å². The van der Waals surface area contributed by atoms with E-state index in [0.29, 0.717) is 0 Å². The van der Waals surface area contributed by atoms with Crippen LogP contribution in [0.2, 0.25) is 6.04 Å². The van der Waals surface area contributed by atoms with Crippen molar-refractivity contribution in [3.8, 4) is 0 Å². The Morgan fingerprint density at radius 2 is 2.38 bits per heavy atom. The Labute approximate surface area is 54.6 Å². The highest BCUT2D eigenvalue weighted by Gasteiger charge is 1.78. The van der Waals surface area contributed by atoms with Gasteiger partial charge in [-0.25, -0.2) is 0 Å². The minimum absolute atomic E-state index is 0.960. The fraction of sp³-hybridized carbons (Fsp3) is 0.667.